The molecule has 0 heterocycles. The molecule has 0 amide bonds. The van der Waals surface area contributed by atoms with E-state index in [1.165, 1.54) is 38.5 Å². The Kier molecular flexibility index (Phi) is 36.0. The van der Waals surface area contributed by atoms with Crippen LogP contribution >= 0.6 is 34.2 Å². The summed E-state index contributed by atoms with van der Waals surface area (Å²) >= 11 is 7.79. The molecule has 2 atom stereocenters. The standard InChI is InChI=1S/2C11H22O2S.CH3.ClH.Sn/c2*1-2-3-4-5-6-7-10(8-9-14)11(12)13;;;/h2*10,14H,2-9H2,1H3,(H,12,13);1H3;1H;/q;;;;+3/p-3. The minimum atomic E-state index is -0.908. The fourth-order valence-corrected chi connectivity index (χ4v) is 3.68. The first kappa shape index (κ1) is 36.3. The zero-order chi connectivity index (χ0) is 24.3. The Morgan fingerprint density at radius 3 is 1.23 bits per heavy atom. The average molecular weight is 604 g/mol. The van der Waals surface area contributed by atoms with Crippen molar-refractivity contribution in [3.05, 3.63) is 0 Å². The summed E-state index contributed by atoms with van der Waals surface area (Å²) in [7, 11) is 5.17. The molecule has 0 aliphatic heterocycles. The molecule has 0 aliphatic carbocycles. The average Bonchev–Trinajstić information content (AvgIpc) is 2.72. The molecule has 4 nitrogen and oxygen atoms in total. The quantitative estimate of drug-likeness (QED) is 0.132. The van der Waals surface area contributed by atoms with Gasteiger partial charge in [-0.25, -0.2) is 0 Å². The van der Waals surface area contributed by atoms with Gasteiger partial charge >= 0.3 is 33.9 Å². The van der Waals surface area contributed by atoms with E-state index in [1.807, 2.05) is 0 Å². The molecule has 0 saturated heterocycles. The predicted octanol–water partition coefficient (Wildman–Crippen LogP) is 4.96. The maximum atomic E-state index is 10.7. The molecule has 0 N–H and O–H groups in total. The SMILES string of the molecule is CCCCCCCC(CCS)C(=O)[O-].CCCCCCCC(CCS)C(=O)[O-].[CH3][Sn+2][Cl]. The van der Waals surface area contributed by atoms with Crippen LogP contribution in [0.25, 0.3) is 0 Å². The summed E-state index contributed by atoms with van der Waals surface area (Å²) in [6.07, 6.45) is 14.5. The van der Waals surface area contributed by atoms with Gasteiger partial charge in [0.05, 0.1) is 0 Å². The first-order valence-corrected chi connectivity index (χ1v) is 19.5. The molecule has 0 aromatic carbocycles. The maximum absolute atomic E-state index is 10.7. The number of thiol groups is 2. The van der Waals surface area contributed by atoms with Gasteiger partial charge in [-0.3, -0.25) is 0 Å². The van der Waals surface area contributed by atoms with E-state index < -0.39 is 11.9 Å². The Morgan fingerprint density at radius 1 is 0.710 bits per heavy atom. The number of hydrogen-bond donors (Lipinski definition) is 2. The van der Waals surface area contributed by atoms with Gasteiger partial charge in [0.1, 0.15) is 0 Å². The van der Waals surface area contributed by atoms with Crippen molar-refractivity contribution >= 4 is 66.1 Å². The number of carboxylic acids is 2. The van der Waals surface area contributed by atoms with E-state index in [2.05, 4.69) is 44.0 Å². The molecular formula is C23H45ClO4S2Sn. The second kappa shape index (κ2) is 30.7. The molecule has 0 aromatic heterocycles. The molecule has 0 aliphatic rings. The van der Waals surface area contributed by atoms with Crippen molar-refractivity contribution < 1.29 is 19.8 Å². The number of carbonyl (C=O) groups is 2. The van der Waals surface area contributed by atoms with Crippen molar-refractivity contribution in [3.63, 3.8) is 0 Å². The van der Waals surface area contributed by atoms with Crippen molar-refractivity contribution in [1.29, 1.82) is 0 Å². The van der Waals surface area contributed by atoms with Gasteiger partial charge in [-0.2, -0.15) is 25.3 Å². The number of rotatable bonds is 18. The van der Waals surface area contributed by atoms with Gasteiger partial charge in [-0.1, -0.05) is 78.1 Å². The van der Waals surface area contributed by atoms with E-state index in [4.69, 9.17) is 8.92 Å². The zero-order valence-electron chi connectivity index (χ0n) is 19.9. The molecule has 0 bridgehead atoms. The van der Waals surface area contributed by atoms with Gasteiger partial charge < -0.3 is 19.8 Å². The third-order valence-corrected chi connectivity index (χ3v) is 5.45. The van der Waals surface area contributed by atoms with E-state index in [-0.39, 0.29) is 31.9 Å². The molecule has 0 saturated carbocycles. The van der Waals surface area contributed by atoms with Crippen LogP contribution in [0.1, 0.15) is 104 Å². The van der Waals surface area contributed by atoms with Crippen molar-refractivity contribution in [1.82, 2.24) is 0 Å². The summed E-state index contributed by atoms with van der Waals surface area (Å²) in [6, 6.07) is 0. The fourth-order valence-electron chi connectivity index (χ4n) is 3.06. The molecule has 0 radical (unpaired) electrons. The van der Waals surface area contributed by atoms with Gasteiger partial charge in [-0.05, 0) is 49.0 Å². The summed E-state index contributed by atoms with van der Waals surface area (Å²) in [6.45, 7) is 4.34. The van der Waals surface area contributed by atoms with Crippen LogP contribution in [0.5, 0.6) is 0 Å². The molecular weight excluding hydrogens is 559 g/mol. The van der Waals surface area contributed by atoms with Crippen LogP contribution in [0.2, 0.25) is 4.94 Å². The third kappa shape index (κ3) is 30.7. The second-order valence-corrected chi connectivity index (χ2v) is 12.2. The van der Waals surface area contributed by atoms with E-state index in [0.717, 1.165) is 38.5 Å². The summed E-state index contributed by atoms with van der Waals surface area (Å²) in [5.74, 6) is -1.12. The topological polar surface area (TPSA) is 80.3 Å². The Hall–Kier alpha value is 0.729. The number of hydrogen-bond acceptors (Lipinski definition) is 6. The zero-order valence-corrected chi connectivity index (χ0v) is 25.3. The molecule has 0 fully saturated rings. The summed E-state index contributed by atoms with van der Waals surface area (Å²) in [5, 5.41) is 21.3. The van der Waals surface area contributed by atoms with Crippen molar-refractivity contribution in [2.75, 3.05) is 11.5 Å². The van der Waals surface area contributed by atoms with Gasteiger partial charge in [0, 0.05) is 11.9 Å². The molecule has 0 spiro atoms. The van der Waals surface area contributed by atoms with Crippen LogP contribution in [0, 0.1) is 11.8 Å². The van der Waals surface area contributed by atoms with Gasteiger partial charge in [0.2, 0.25) is 0 Å². The Morgan fingerprint density at radius 2 is 1.00 bits per heavy atom. The van der Waals surface area contributed by atoms with E-state index in [9.17, 15) is 19.8 Å². The third-order valence-electron chi connectivity index (χ3n) is 4.93. The molecule has 0 aromatic rings. The van der Waals surface area contributed by atoms with Crippen LogP contribution in [-0.2, 0) is 9.59 Å². The molecule has 184 valence electrons. The molecule has 31 heavy (non-hydrogen) atoms. The monoisotopic (exact) mass is 604 g/mol. The molecule has 2 unspecified atom stereocenters. The van der Waals surface area contributed by atoms with Crippen LogP contribution in [0.4, 0.5) is 0 Å². The summed E-state index contributed by atoms with van der Waals surface area (Å²) < 4.78 is 0. The number of aliphatic carboxylic acids is 2. The first-order chi connectivity index (χ1) is 14.9. The Bertz CT molecular complexity index is 357. The number of unbranched alkanes of at least 4 members (excludes halogenated alkanes) is 8. The Balaban J connectivity index is -0.000000448. The van der Waals surface area contributed by atoms with E-state index in [0.29, 0.717) is 24.3 Å². The Labute approximate surface area is 216 Å². The van der Waals surface area contributed by atoms with Crippen molar-refractivity contribution in [2.45, 2.75) is 109 Å². The van der Waals surface area contributed by atoms with Gasteiger partial charge in [0.25, 0.3) is 0 Å². The first-order valence-electron chi connectivity index (χ1n) is 11.8. The van der Waals surface area contributed by atoms with Crippen LogP contribution in [0.3, 0.4) is 0 Å². The molecule has 8 heteroatoms. The van der Waals surface area contributed by atoms with E-state index in [1.54, 1.807) is 0 Å². The van der Waals surface area contributed by atoms with Crippen molar-refractivity contribution in [2.24, 2.45) is 11.8 Å². The number of carbonyl (C=O) groups excluding carboxylic acids is 2. The van der Waals surface area contributed by atoms with Crippen LogP contribution < -0.4 is 10.2 Å². The molecule has 0 rings (SSSR count). The second-order valence-electron chi connectivity index (χ2n) is 7.65. The van der Waals surface area contributed by atoms with Gasteiger partial charge in [-0.15, -0.1) is 0 Å². The number of halogens is 1. The predicted molar refractivity (Wildman–Crippen MR) is 138 cm³/mol. The summed E-state index contributed by atoms with van der Waals surface area (Å²) in [4.78, 5) is 23.4. The van der Waals surface area contributed by atoms with Gasteiger partial charge in [0.15, 0.2) is 0 Å². The van der Waals surface area contributed by atoms with Crippen LogP contribution in [0.15, 0.2) is 0 Å². The fraction of sp³-hybridized carbons (Fsp3) is 0.913. The van der Waals surface area contributed by atoms with E-state index >= 15 is 0 Å². The van der Waals surface area contributed by atoms with Crippen LogP contribution in [-0.4, -0.2) is 43.5 Å². The number of carboxylic acid groups (broad SMARTS) is 2. The van der Waals surface area contributed by atoms with Crippen molar-refractivity contribution in [3.8, 4) is 0 Å². The minimum absolute atomic E-state index is 0.283. The summed E-state index contributed by atoms with van der Waals surface area (Å²) in [5.41, 5.74) is 0. The normalized spacial score (nSPS) is 11.8.